The highest BCUT2D eigenvalue weighted by atomic mass is 35.5. The number of amidine groups is 1. The number of halogens is 1. The summed E-state index contributed by atoms with van der Waals surface area (Å²) in [5.74, 6) is 3.85. The molecule has 3 N–H and O–H groups in total. The first-order valence-electron chi connectivity index (χ1n) is 7.94. The monoisotopic (exact) mass is 368 g/mol. The third kappa shape index (κ3) is 4.99. The van der Waals surface area contributed by atoms with Crippen LogP contribution in [0.5, 0.6) is 0 Å². The molecule has 0 radical (unpaired) electrons. The van der Waals surface area contributed by atoms with Crippen LogP contribution in [0.2, 0.25) is 5.15 Å². The van der Waals surface area contributed by atoms with Gasteiger partial charge in [-0.15, -0.1) is 0 Å². The van der Waals surface area contributed by atoms with Crippen molar-refractivity contribution in [1.29, 1.82) is 0 Å². The quantitative estimate of drug-likeness (QED) is 0.560. The van der Waals surface area contributed by atoms with E-state index in [1.807, 2.05) is 19.9 Å². The van der Waals surface area contributed by atoms with Crippen LogP contribution in [0, 0.1) is 12.0 Å². The van der Waals surface area contributed by atoms with Gasteiger partial charge in [-0.25, -0.2) is 19.9 Å². The highest BCUT2D eigenvalue weighted by molar-refractivity contribution is 6.29. The summed E-state index contributed by atoms with van der Waals surface area (Å²) in [5, 5.41) is 9.82. The van der Waals surface area contributed by atoms with Gasteiger partial charge in [0.15, 0.2) is 12.0 Å². The van der Waals surface area contributed by atoms with E-state index in [-0.39, 0.29) is 6.04 Å². The summed E-state index contributed by atoms with van der Waals surface area (Å²) < 4.78 is 0. The molecule has 1 unspecified atom stereocenters. The number of aliphatic imine (C=N–C) groups is 2. The molecule has 3 heterocycles. The van der Waals surface area contributed by atoms with E-state index in [1.165, 1.54) is 6.33 Å². The first-order valence-corrected chi connectivity index (χ1v) is 8.32. The topological polar surface area (TPSA) is 99.5 Å². The molecule has 0 bridgehead atoms. The van der Waals surface area contributed by atoms with Crippen molar-refractivity contribution in [2.24, 2.45) is 9.98 Å². The number of hydrogen-bond acceptors (Lipinski definition) is 8. The SMILES string of the molecule is CC(C)NC1C#CN=C(Nc2cncnc2)NC(c2cccc(Cl)n2)=N1. The predicted molar refractivity (Wildman–Crippen MR) is 102 cm³/mol. The average molecular weight is 369 g/mol. The van der Waals surface area contributed by atoms with Crippen molar-refractivity contribution in [3.63, 3.8) is 0 Å². The minimum Gasteiger partial charge on any atom is -0.323 e. The van der Waals surface area contributed by atoms with Gasteiger partial charge in [0.2, 0.25) is 5.96 Å². The molecule has 0 aliphatic carbocycles. The Morgan fingerprint density at radius 1 is 1.23 bits per heavy atom. The molecule has 0 saturated heterocycles. The Hall–Kier alpha value is -3.02. The molecule has 2 aromatic heterocycles. The van der Waals surface area contributed by atoms with E-state index in [2.05, 4.69) is 52.9 Å². The third-order valence-electron chi connectivity index (χ3n) is 3.14. The van der Waals surface area contributed by atoms with E-state index in [9.17, 15) is 0 Å². The summed E-state index contributed by atoms with van der Waals surface area (Å²) in [6, 6.07) is 8.27. The summed E-state index contributed by atoms with van der Waals surface area (Å²) >= 11 is 6.02. The van der Waals surface area contributed by atoms with Gasteiger partial charge in [0.25, 0.3) is 0 Å². The highest BCUT2D eigenvalue weighted by Crippen LogP contribution is 2.08. The molecule has 0 amide bonds. The fraction of sp³-hybridized carbons (Fsp3) is 0.235. The molecule has 26 heavy (non-hydrogen) atoms. The lowest BCUT2D eigenvalue weighted by molar-refractivity contribution is 0.546. The maximum absolute atomic E-state index is 6.02. The predicted octanol–water partition coefficient (Wildman–Crippen LogP) is 1.63. The lowest BCUT2D eigenvalue weighted by Gasteiger charge is -2.18. The molecule has 2 aromatic rings. The molecular formula is C17H17ClN8. The second-order valence-electron chi connectivity index (χ2n) is 5.64. The molecule has 1 aliphatic heterocycles. The van der Waals surface area contributed by atoms with Crippen molar-refractivity contribution in [3.8, 4) is 12.0 Å². The zero-order chi connectivity index (χ0) is 18.4. The zero-order valence-corrected chi connectivity index (χ0v) is 15.0. The fourth-order valence-corrected chi connectivity index (χ4v) is 2.27. The summed E-state index contributed by atoms with van der Waals surface area (Å²) in [6.45, 7) is 4.04. The standard InChI is InChI=1S/C17H17ClN8/c1-11(2)22-15-6-7-21-17(23-12-8-19-10-20-9-12)26-16(25-15)13-4-3-5-14(18)24-13/h3-5,8-11,15,22H,1-2H3,(H2,21,23,25,26). The molecule has 9 heteroatoms. The summed E-state index contributed by atoms with van der Waals surface area (Å²) in [4.78, 5) is 21.1. The number of rotatable bonds is 4. The van der Waals surface area contributed by atoms with Gasteiger partial charge in [-0.05, 0) is 31.9 Å². The molecule has 8 nitrogen and oxygen atoms in total. The maximum atomic E-state index is 6.02. The number of hydrogen-bond donors (Lipinski definition) is 3. The molecule has 132 valence electrons. The fourth-order valence-electron chi connectivity index (χ4n) is 2.11. The lowest BCUT2D eigenvalue weighted by Crippen LogP contribution is -2.41. The lowest BCUT2D eigenvalue weighted by atomic mass is 10.3. The van der Waals surface area contributed by atoms with Crippen LogP contribution < -0.4 is 16.0 Å². The van der Waals surface area contributed by atoms with Crippen molar-refractivity contribution < 1.29 is 0 Å². The number of nitrogens with zero attached hydrogens (tertiary/aromatic N) is 5. The second-order valence-corrected chi connectivity index (χ2v) is 6.03. The third-order valence-corrected chi connectivity index (χ3v) is 3.35. The minimum absolute atomic E-state index is 0.203. The Morgan fingerprint density at radius 2 is 2.04 bits per heavy atom. The van der Waals surface area contributed by atoms with Gasteiger partial charge in [0.1, 0.15) is 17.2 Å². The smallest absolute Gasteiger partial charge is 0.215 e. The summed E-state index contributed by atoms with van der Waals surface area (Å²) in [5.41, 5.74) is 1.24. The van der Waals surface area contributed by atoms with Gasteiger partial charge in [-0.3, -0.25) is 5.32 Å². The summed E-state index contributed by atoms with van der Waals surface area (Å²) in [7, 11) is 0. The molecule has 3 rings (SSSR count). The molecule has 1 atom stereocenters. The van der Waals surface area contributed by atoms with Crippen LogP contribution in [0.15, 0.2) is 46.9 Å². The molecule has 0 fully saturated rings. The molecule has 1 aliphatic rings. The van der Waals surface area contributed by atoms with Gasteiger partial charge < -0.3 is 10.6 Å². The maximum Gasteiger partial charge on any atom is 0.215 e. The minimum atomic E-state index is -0.427. The van der Waals surface area contributed by atoms with Crippen LogP contribution in [0.25, 0.3) is 0 Å². The van der Waals surface area contributed by atoms with Crippen LogP contribution in [-0.4, -0.2) is 39.0 Å². The number of anilines is 1. The Balaban J connectivity index is 1.93. The first kappa shape index (κ1) is 17.8. The molecule has 0 spiro atoms. The van der Waals surface area contributed by atoms with E-state index >= 15 is 0 Å². The Kier molecular flexibility index (Phi) is 5.73. The molecule has 0 saturated carbocycles. The van der Waals surface area contributed by atoms with E-state index in [0.717, 1.165) is 0 Å². The van der Waals surface area contributed by atoms with Crippen molar-refractivity contribution >= 4 is 29.1 Å². The highest BCUT2D eigenvalue weighted by Gasteiger charge is 2.15. The van der Waals surface area contributed by atoms with E-state index < -0.39 is 6.17 Å². The van der Waals surface area contributed by atoms with Gasteiger partial charge in [-0.2, -0.15) is 4.99 Å². The van der Waals surface area contributed by atoms with Crippen molar-refractivity contribution in [3.05, 3.63) is 47.8 Å². The normalized spacial score (nSPS) is 16.4. The number of pyridine rings is 1. The largest absolute Gasteiger partial charge is 0.323 e. The van der Waals surface area contributed by atoms with Crippen molar-refractivity contribution in [1.82, 2.24) is 25.6 Å². The van der Waals surface area contributed by atoms with Crippen LogP contribution in [-0.2, 0) is 0 Å². The van der Waals surface area contributed by atoms with Gasteiger partial charge >= 0.3 is 0 Å². The van der Waals surface area contributed by atoms with Gasteiger partial charge in [-0.1, -0.05) is 17.7 Å². The molecule has 0 aromatic carbocycles. The Bertz CT molecular complexity index is 882. The Labute approximate surface area is 156 Å². The number of aromatic nitrogens is 3. The van der Waals surface area contributed by atoms with Gasteiger partial charge in [0, 0.05) is 12.1 Å². The van der Waals surface area contributed by atoms with Crippen molar-refractivity contribution in [2.75, 3.05) is 5.32 Å². The van der Waals surface area contributed by atoms with Crippen molar-refractivity contribution in [2.45, 2.75) is 26.1 Å². The number of guanidine groups is 1. The van der Waals surface area contributed by atoms with Crippen LogP contribution >= 0.6 is 11.6 Å². The second kappa shape index (κ2) is 8.38. The first-order chi connectivity index (χ1) is 12.6. The van der Waals surface area contributed by atoms with E-state index in [4.69, 9.17) is 11.6 Å². The average Bonchev–Trinajstić information content (AvgIpc) is 2.59. The summed E-state index contributed by atoms with van der Waals surface area (Å²) in [6.07, 6.45) is 4.27. The van der Waals surface area contributed by atoms with E-state index in [1.54, 1.807) is 24.5 Å². The van der Waals surface area contributed by atoms with Crippen LogP contribution in [0.3, 0.4) is 0 Å². The zero-order valence-electron chi connectivity index (χ0n) is 14.2. The molecular weight excluding hydrogens is 352 g/mol. The number of nitrogens with one attached hydrogen (secondary N) is 3. The Morgan fingerprint density at radius 3 is 2.77 bits per heavy atom. The van der Waals surface area contributed by atoms with E-state index in [0.29, 0.717) is 28.3 Å². The van der Waals surface area contributed by atoms with Gasteiger partial charge in [0.05, 0.1) is 18.1 Å². The van der Waals surface area contributed by atoms with Crippen LogP contribution in [0.4, 0.5) is 5.69 Å². The van der Waals surface area contributed by atoms with Crippen LogP contribution in [0.1, 0.15) is 19.5 Å².